The van der Waals surface area contributed by atoms with Crippen LogP contribution in [0.1, 0.15) is 29.1 Å². The topological polar surface area (TPSA) is 77.8 Å². The van der Waals surface area contributed by atoms with E-state index in [2.05, 4.69) is 5.32 Å². The van der Waals surface area contributed by atoms with Crippen molar-refractivity contribution in [3.05, 3.63) is 65.9 Å². The molecule has 0 radical (unpaired) electrons. The quantitative estimate of drug-likeness (QED) is 0.687. The Morgan fingerprint density at radius 2 is 1.85 bits per heavy atom. The molecule has 2 aromatic carbocycles. The molecule has 0 unspecified atom stereocenters. The zero-order valence-corrected chi connectivity index (χ0v) is 14.5. The summed E-state index contributed by atoms with van der Waals surface area (Å²) in [6.45, 7) is 1.42. The lowest BCUT2D eigenvalue weighted by atomic mass is 10.2. The highest BCUT2D eigenvalue weighted by atomic mass is 16.5. The van der Waals surface area contributed by atoms with Crippen LogP contribution in [0.5, 0.6) is 5.75 Å². The summed E-state index contributed by atoms with van der Waals surface area (Å²) in [6, 6.07) is 15.8. The maximum absolute atomic E-state index is 12.1. The number of fused-ring (bicyclic) bond motifs is 1. The second kappa shape index (κ2) is 7.74. The van der Waals surface area contributed by atoms with Crippen LogP contribution in [0.15, 0.2) is 59.0 Å². The first-order valence-corrected chi connectivity index (χ1v) is 8.16. The van der Waals surface area contributed by atoms with Gasteiger partial charge in [0, 0.05) is 5.39 Å². The van der Waals surface area contributed by atoms with Gasteiger partial charge in [-0.05, 0) is 31.2 Å². The maximum atomic E-state index is 12.1. The highest BCUT2D eigenvalue weighted by molar-refractivity contribution is 5.94. The molecule has 0 aliphatic carbocycles. The summed E-state index contributed by atoms with van der Waals surface area (Å²) in [4.78, 5) is 24.2. The number of para-hydroxylation sites is 2. The molecule has 6 nitrogen and oxygen atoms in total. The van der Waals surface area contributed by atoms with Crippen LogP contribution in [0.2, 0.25) is 0 Å². The molecular formula is C20H19NO5. The Morgan fingerprint density at radius 3 is 2.62 bits per heavy atom. The Kier molecular flexibility index (Phi) is 5.22. The molecule has 3 aromatic rings. The number of hydrogen-bond acceptors (Lipinski definition) is 5. The number of benzene rings is 2. The molecule has 1 N–H and O–H groups in total. The molecule has 6 heteroatoms. The average molecular weight is 353 g/mol. The van der Waals surface area contributed by atoms with E-state index in [-0.39, 0.29) is 18.2 Å². The van der Waals surface area contributed by atoms with Crippen LogP contribution in [0.25, 0.3) is 11.0 Å². The maximum Gasteiger partial charge on any atom is 0.342 e. The summed E-state index contributed by atoms with van der Waals surface area (Å²) in [7, 11) is 1.47. The SMILES string of the molecule is COc1ccccc1C(=O)OCC(=O)N[C@H](C)c1cc2ccccc2o1. The van der Waals surface area contributed by atoms with Crippen molar-refractivity contribution in [2.75, 3.05) is 13.7 Å². The van der Waals surface area contributed by atoms with Gasteiger partial charge < -0.3 is 19.2 Å². The van der Waals surface area contributed by atoms with Gasteiger partial charge in [0.15, 0.2) is 6.61 Å². The minimum absolute atomic E-state index is 0.271. The second-order valence-corrected chi connectivity index (χ2v) is 5.75. The molecule has 1 amide bonds. The van der Waals surface area contributed by atoms with E-state index < -0.39 is 11.9 Å². The van der Waals surface area contributed by atoms with E-state index in [1.165, 1.54) is 7.11 Å². The average Bonchev–Trinajstić information content (AvgIpc) is 3.10. The fourth-order valence-corrected chi connectivity index (χ4v) is 2.59. The number of carbonyl (C=O) groups excluding carboxylic acids is 2. The first-order valence-electron chi connectivity index (χ1n) is 8.16. The van der Waals surface area contributed by atoms with Crippen LogP contribution < -0.4 is 10.1 Å². The van der Waals surface area contributed by atoms with Gasteiger partial charge >= 0.3 is 5.97 Å². The van der Waals surface area contributed by atoms with Gasteiger partial charge in [-0.3, -0.25) is 4.79 Å². The van der Waals surface area contributed by atoms with E-state index in [9.17, 15) is 9.59 Å². The van der Waals surface area contributed by atoms with Crippen LogP contribution in [-0.4, -0.2) is 25.6 Å². The van der Waals surface area contributed by atoms with Crippen molar-refractivity contribution < 1.29 is 23.5 Å². The van der Waals surface area contributed by atoms with Gasteiger partial charge in [-0.15, -0.1) is 0 Å². The highest BCUT2D eigenvalue weighted by Gasteiger charge is 2.17. The molecule has 0 aliphatic rings. The number of carbonyl (C=O) groups is 2. The molecule has 0 bridgehead atoms. The number of furan rings is 1. The number of esters is 1. The van der Waals surface area contributed by atoms with Crippen LogP contribution in [0.4, 0.5) is 0 Å². The lowest BCUT2D eigenvalue weighted by Crippen LogP contribution is -2.31. The Bertz CT molecular complexity index is 898. The summed E-state index contributed by atoms with van der Waals surface area (Å²) in [5.41, 5.74) is 1.03. The zero-order valence-electron chi connectivity index (χ0n) is 14.5. The van der Waals surface area contributed by atoms with Gasteiger partial charge in [0.1, 0.15) is 22.7 Å². The van der Waals surface area contributed by atoms with Crippen molar-refractivity contribution in [2.24, 2.45) is 0 Å². The van der Waals surface area contributed by atoms with E-state index in [0.717, 1.165) is 11.0 Å². The Labute approximate surface area is 150 Å². The molecule has 1 heterocycles. The number of amides is 1. The lowest BCUT2D eigenvalue weighted by Gasteiger charge is -2.12. The molecule has 26 heavy (non-hydrogen) atoms. The van der Waals surface area contributed by atoms with Crippen molar-refractivity contribution >= 4 is 22.8 Å². The summed E-state index contributed by atoms with van der Waals surface area (Å²) in [5.74, 6) is -0.000601. The van der Waals surface area contributed by atoms with E-state index >= 15 is 0 Å². The predicted octanol–water partition coefficient (Wildman–Crippen LogP) is 3.48. The summed E-state index contributed by atoms with van der Waals surface area (Å²) >= 11 is 0. The number of hydrogen-bond donors (Lipinski definition) is 1. The minimum atomic E-state index is -0.617. The number of rotatable bonds is 6. The third-order valence-corrected chi connectivity index (χ3v) is 3.91. The second-order valence-electron chi connectivity index (χ2n) is 5.75. The number of nitrogens with one attached hydrogen (secondary N) is 1. The molecule has 0 fully saturated rings. The van der Waals surface area contributed by atoms with Crippen molar-refractivity contribution in [2.45, 2.75) is 13.0 Å². The fraction of sp³-hybridized carbons (Fsp3) is 0.200. The standard InChI is InChI=1S/C20H19NO5/c1-13(18-11-14-7-3-5-9-16(14)26-18)21-19(22)12-25-20(23)15-8-4-6-10-17(15)24-2/h3-11,13H,12H2,1-2H3,(H,21,22)/t13-/m1/s1. The number of ether oxygens (including phenoxy) is 2. The van der Waals surface area contributed by atoms with Gasteiger partial charge in [0.2, 0.25) is 0 Å². The normalized spacial score (nSPS) is 11.8. The monoisotopic (exact) mass is 353 g/mol. The Hall–Kier alpha value is -3.28. The first-order chi connectivity index (χ1) is 12.6. The molecule has 0 aliphatic heterocycles. The summed E-state index contributed by atoms with van der Waals surface area (Å²) in [6.07, 6.45) is 0. The minimum Gasteiger partial charge on any atom is -0.496 e. The first kappa shape index (κ1) is 17.5. The molecule has 1 aromatic heterocycles. The third-order valence-electron chi connectivity index (χ3n) is 3.91. The molecule has 3 rings (SSSR count). The van der Waals surface area contributed by atoms with Gasteiger partial charge in [0.05, 0.1) is 13.2 Å². The molecule has 0 saturated carbocycles. The van der Waals surface area contributed by atoms with E-state index in [1.54, 1.807) is 31.2 Å². The molecule has 0 saturated heterocycles. The van der Waals surface area contributed by atoms with Gasteiger partial charge in [-0.25, -0.2) is 4.79 Å². The summed E-state index contributed by atoms with van der Waals surface area (Å²) in [5, 5.41) is 3.72. The van der Waals surface area contributed by atoms with Crippen LogP contribution in [0, 0.1) is 0 Å². The van der Waals surface area contributed by atoms with E-state index in [1.807, 2.05) is 30.3 Å². The van der Waals surface area contributed by atoms with Crippen molar-refractivity contribution in [3.63, 3.8) is 0 Å². The fourth-order valence-electron chi connectivity index (χ4n) is 2.59. The van der Waals surface area contributed by atoms with Crippen LogP contribution in [0.3, 0.4) is 0 Å². The Balaban J connectivity index is 1.57. The van der Waals surface area contributed by atoms with Gasteiger partial charge in [0.25, 0.3) is 5.91 Å². The van der Waals surface area contributed by atoms with Crippen molar-refractivity contribution in [3.8, 4) is 5.75 Å². The zero-order chi connectivity index (χ0) is 18.5. The van der Waals surface area contributed by atoms with Gasteiger partial charge in [-0.1, -0.05) is 30.3 Å². The van der Waals surface area contributed by atoms with E-state index in [0.29, 0.717) is 11.5 Å². The molecule has 1 atom stereocenters. The molecular weight excluding hydrogens is 334 g/mol. The predicted molar refractivity (Wildman–Crippen MR) is 96.0 cm³/mol. The number of methoxy groups -OCH3 is 1. The molecule has 134 valence electrons. The molecule has 0 spiro atoms. The third kappa shape index (κ3) is 3.85. The van der Waals surface area contributed by atoms with Crippen LogP contribution in [-0.2, 0) is 9.53 Å². The highest BCUT2D eigenvalue weighted by Crippen LogP contribution is 2.23. The lowest BCUT2D eigenvalue weighted by molar-refractivity contribution is -0.125. The summed E-state index contributed by atoms with van der Waals surface area (Å²) < 4.78 is 15.9. The Morgan fingerprint density at radius 1 is 1.12 bits per heavy atom. The smallest absolute Gasteiger partial charge is 0.342 e. The van der Waals surface area contributed by atoms with Crippen molar-refractivity contribution in [1.82, 2.24) is 5.32 Å². The van der Waals surface area contributed by atoms with Crippen molar-refractivity contribution in [1.29, 1.82) is 0 Å². The largest absolute Gasteiger partial charge is 0.496 e. The van der Waals surface area contributed by atoms with Gasteiger partial charge in [-0.2, -0.15) is 0 Å². The van der Waals surface area contributed by atoms with E-state index in [4.69, 9.17) is 13.9 Å². The van der Waals surface area contributed by atoms with Crippen LogP contribution >= 0.6 is 0 Å².